The SMILES string of the molecule is O=S(=O)(c1ccc(Cl)cc1)c1ccc([C@@H]2CCCCN2)o1. The van der Waals surface area contributed by atoms with E-state index < -0.39 is 9.84 Å². The molecule has 21 heavy (non-hydrogen) atoms. The zero-order valence-corrected chi connectivity index (χ0v) is 13.0. The third kappa shape index (κ3) is 3.00. The van der Waals surface area contributed by atoms with E-state index in [0.717, 1.165) is 25.8 Å². The van der Waals surface area contributed by atoms with Gasteiger partial charge in [-0.15, -0.1) is 0 Å². The quantitative estimate of drug-likeness (QED) is 0.937. The molecular formula is C15H16ClNO3S. The first-order valence-electron chi connectivity index (χ1n) is 6.91. The lowest BCUT2D eigenvalue weighted by Gasteiger charge is -2.21. The van der Waals surface area contributed by atoms with Crippen LogP contribution in [-0.2, 0) is 9.84 Å². The Hall–Kier alpha value is -1.30. The van der Waals surface area contributed by atoms with E-state index in [2.05, 4.69) is 5.32 Å². The number of hydrogen-bond donors (Lipinski definition) is 1. The summed E-state index contributed by atoms with van der Waals surface area (Å²) in [4.78, 5) is 0.185. The molecule has 0 radical (unpaired) electrons. The van der Waals surface area contributed by atoms with Crippen LogP contribution in [0, 0.1) is 0 Å². The molecule has 0 aliphatic carbocycles. The van der Waals surface area contributed by atoms with Crippen molar-refractivity contribution in [2.75, 3.05) is 6.54 Å². The molecular weight excluding hydrogens is 310 g/mol. The topological polar surface area (TPSA) is 59.3 Å². The molecule has 1 fully saturated rings. The summed E-state index contributed by atoms with van der Waals surface area (Å²) in [7, 11) is -3.63. The van der Waals surface area contributed by atoms with Crippen LogP contribution in [0.2, 0.25) is 5.02 Å². The van der Waals surface area contributed by atoms with Gasteiger partial charge in [-0.25, -0.2) is 8.42 Å². The minimum atomic E-state index is -3.63. The van der Waals surface area contributed by atoms with Gasteiger partial charge in [-0.1, -0.05) is 18.0 Å². The highest BCUT2D eigenvalue weighted by Crippen LogP contribution is 2.29. The van der Waals surface area contributed by atoms with Gasteiger partial charge in [-0.2, -0.15) is 0 Å². The third-order valence-electron chi connectivity index (χ3n) is 3.64. The van der Waals surface area contributed by atoms with Crippen molar-refractivity contribution >= 4 is 21.4 Å². The molecule has 6 heteroatoms. The van der Waals surface area contributed by atoms with E-state index in [1.54, 1.807) is 18.2 Å². The molecule has 1 atom stereocenters. The minimum absolute atomic E-state index is 0.0211. The monoisotopic (exact) mass is 325 g/mol. The van der Waals surface area contributed by atoms with E-state index in [1.807, 2.05) is 0 Å². The normalized spacial score (nSPS) is 19.6. The van der Waals surface area contributed by atoms with Crippen molar-refractivity contribution in [3.8, 4) is 0 Å². The van der Waals surface area contributed by atoms with Gasteiger partial charge >= 0.3 is 0 Å². The molecule has 1 aromatic carbocycles. The van der Waals surface area contributed by atoms with Crippen molar-refractivity contribution in [2.24, 2.45) is 0 Å². The fraction of sp³-hybridized carbons (Fsp3) is 0.333. The van der Waals surface area contributed by atoms with Gasteiger partial charge in [0.2, 0.25) is 14.9 Å². The number of nitrogens with one attached hydrogen (secondary N) is 1. The summed E-state index contributed by atoms with van der Waals surface area (Å²) in [5.41, 5.74) is 0. The second-order valence-electron chi connectivity index (χ2n) is 5.12. The Morgan fingerprint density at radius 1 is 1.10 bits per heavy atom. The summed E-state index contributed by atoms with van der Waals surface area (Å²) < 4.78 is 30.6. The Bertz CT molecular complexity index is 716. The standard InChI is InChI=1S/C15H16ClNO3S/c16-11-4-6-12(7-5-11)21(18,19)15-9-8-14(20-15)13-3-1-2-10-17-13/h4-9,13,17H,1-3,10H2/t13-/m0/s1. The molecule has 1 aliphatic rings. The van der Waals surface area contributed by atoms with Crippen molar-refractivity contribution in [2.45, 2.75) is 35.3 Å². The fourth-order valence-electron chi connectivity index (χ4n) is 2.49. The van der Waals surface area contributed by atoms with Crippen molar-refractivity contribution < 1.29 is 12.8 Å². The van der Waals surface area contributed by atoms with Gasteiger partial charge in [-0.3, -0.25) is 0 Å². The first-order chi connectivity index (χ1) is 10.1. The summed E-state index contributed by atoms with van der Waals surface area (Å²) in [6.07, 6.45) is 3.23. The predicted molar refractivity (Wildman–Crippen MR) is 80.2 cm³/mol. The molecule has 1 saturated heterocycles. The first kappa shape index (κ1) is 14.6. The molecule has 0 spiro atoms. The van der Waals surface area contributed by atoms with Crippen LogP contribution >= 0.6 is 11.6 Å². The Labute approximate surface area is 129 Å². The highest BCUT2D eigenvalue weighted by molar-refractivity contribution is 7.91. The molecule has 112 valence electrons. The van der Waals surface area contributed by atoms with Gasteiger partial charge in [0.1, 0.15) is 5.76 Å². The molecule has 1 N–H and O–H groups in total. The average molecular weight is 326 g/mol. The van der Waals surface area contributed by atoms with Crippen molar-refractivity contribution in [3.63, 3.8) is 0 Å². The molecule has 0 amide bonds. The number of furan rings is 1. The predicted octanol–water partition coefficient (Wildman–Crippen LogP) is 3.58. The Balaban J connectivity index is 1.89. The number of hydrogen-bond acceptors (Lipinski definition) is 4. The molecule has 1 aliphatic heterocycles. The Kier molecular flexibility index (Phi) is 4.06. The lowest BCUT2D eigenvalue weighted by atomic mass is 10.0. The van der Waals surface area contributed by atoms with Crippen LogP contribution in [0.3, 0.4) is 0 Å². The smallest absolute Gasteiger partial charge is 0.239 e. The molecule has 1 aromatic heterocycles. The maximum atomic E-state index is 12.5. The van der Waals surface area contributed by atoms with E-state index in [-0.39, 0.29) is 16.0 Å². The lowest BCUT2D eigenvalue weighted by molar-refractivity contribution is 0.321. The van der Waals surface area contributed by atoms with Crippen LogP contribution in [0.5, 0.6) is 0 Å². The third-order valence-corrected chi connectivity index (χ3v) is 5.54. The van der Waals surface area contributed by atoms with Crippen LogP contribution in [-0.4, -0.2) is 15.0 Å². The highest BCUT2D eigenvalue weighted by atomic mass is 35.5. The van der Waals surface area contributed by atoms with Crippen LogP contribution in [0.25, 0.3) is 0 Å². The lowest BCUT2D eigenvalue weighted by Crippen LogP contribution is -2.26. The largest absolute Gasteiger partial charge is 0.448 e. The zero-order valence-electron chi connectivity index (χ0n) is 11.4. The van der Waals surface area contributed by atoms with E-state index in [9.17, 15) is 8.42 Å². The van der Waals surface area contributed by atoms with Gasteiger partial charge in [0.15, 0.2) is 0 Å². The fourth-order valence-corrected chi connectivity index (χ4v) is 3.80. The average Bonchev–Trinajstić information content (AvgIpc) is 2.99. The summed E-state index contributed by atoms with van der Waals surface area (Å²) in [6.45, 7) is 0.935. The van der Waals surface area contributed by atoms with Crippen LogP contribution in [0.15, 0.2) is 50.8 Å². The Morgan fingerprint density at radius 2 is 1.86 bits per heavy atom. The van der Waals surface area contributed by atoms with Crippen LogP contribution in [0.4, 0.5) is 0 Å². The highest BCUT2D eigenvalue weighted by Gasteiger charge is 2.24. The van der Waals surface area contributed by atoms with Crippen LogP contribution in [0.1, 0.15) is 31.1 Å². The van der Waals surface area contributed by atoms with Gasteiger partial charge < -0.3 is 9.73 Å². The minimum Gasteiger partial charge on any atom is -0.448 e. The second kappa shape index (κ2) is 5.83. The zero-order chi connectivity index (χ0) is 14.9. The van der Waals surface area contributed by atoms with Gasteiger partial charge in [-0.05, 0) is 55.8 Å². The van der Waals surface area contributed by atoms with Gasteiger partial charge in [0.05, 0.1) is 10.9 Å². The number of sulfone groups is 1. The molecule has 2 aromatic rings. The summed E-state index contributed by atoms with van der Waals surface area (Å²) in [5, 5.41) is 3.82. The molecule has 2 heterocycles. The molecule has 0 bridgehead atoms. The summed E-state index contributed by atoms with van der Waals surface area (Å²) in [5.74, 6) is 0.683. The number of rotatable bonds is 3. The second-order valence-corrected chi connectivity index (χ2v) is 7.43. The maximum absolute atomic E-state index is 12.5. The number of halogens is 1. The van der Waals surface area contributed by atoms with Crippen molar-refractivity contribution in [1.29, 1.82) is 0 Å². The molecule has 0 unspecified atom stereocenters. The van der Waals surface area contributed by atoms with E-state index in [1.165, 1.54) is 18.2 Å². The molecule has 0 saturated carbocycles. The van der Waals surface area contributed by atoms with E-state index in [0.29, 0.717) is 10.8 Å². The number of piperidine rings is 1. The molecule has 4 nitrogen and oxygen atoms in total. The van der Waals surface area contributed by atoms with E-state index >= 15 is 0 Å². The number of benzene rings is 1. The van der Waals surface area contributed by atoms with E-state index in [4.69, 9.17) is 16.0 Å². The van der Waals surface area contributed by atoms with Crippen molar-refractivity contribution in [3.05, 3.63) is 47.2 Å². The first-order valence-corrected chi connectivity index (χ1v) is 8.77. The molecule has 3 rings (SSSR count). The summed E-state index contributed by atoms with van der Waals surface area (Å²) >= 11 is 5.79. The van der Waals surface area contributed by atoms with Gasteiger partial charge in [0.25, 0.3) is 0 Å². The Morgan fingerprint density at radius 3 is 2.52 bits per heavy atom. The summed E-state index contributed by atoms with van der Waals surface area (Å²) in [6, 6.07) is 9.45. The van der Waals surface area contributed by atoms with Crippen molar-refractivity contribution in [1.82, 2.24) is 5.32 Å². The van der Waals surface area contributed by atoms with Gasteiger partial charge in [0, 0.05) is 5.02 Å². The maximum Gasteiger partial charge on any atom is 0.239 e. The van der Waals surface area contributed by atoms with Crippen LogP contribution < -0.4 is 5.32 Å².